The molecule has 0 aliphatic carbocycles. The van der Waals surface area contributed by atoms with E-state index < -0.39 is 10.0 Å². The SMILES string of the molecule is C=CC1CN(S(=O)(=O)c2ccc(C)cc2)CC1=CSC#N. The van der Waals surface area contributed by atoms with E-state index in [4.69, 9.17) is 5.26 Å². The second-order valence-corrected chi connectivity index (χ2v) is 7.45. The monoisotopic (exact) mass is 320 g/mol. The minimum absolute atomic E-state index is 0.0360. The van der Waals surface area contributed by atoms with Crippen LogP contribution in [-0.2, 0) is 10.0 Å². The van der Waals surface area contributed by atoms with Crippen LogP contribution in [0.3, 0.4) is 0 Å². The van der Waals surface area contributed by atoms with Gasteiger partial charge in [-0.05, 0) is 41.8 Å². The smallest absolute Gasteiger partial charge is 0.207 e. The zero-order valence-electron chi connectivity index (χ0n) is 11.7. The number of aryl methyl sites for hydroxylation is 1. The Kier molecular flexibility index (Phi) is 4.88. The summed E-state index contributed by atoms with van der Waals surface area (Å²) in [7, 11) is -3.50. The molecule has 1 atom stereocenters. The average molecular weight is 320 g/mol. The molecule has 1 aliphatic heterocycles. The summed E-state index contributed by atoms with van der Waals surface area (Å²) in [5.74, 6) is -0.0360. The summed E-state index contributed by atoms with van der Waals surface area (Å²) < 4.78 is 26.7. The van der Waals surface area contributed by atoms with Crippen LogP contribution < -0.4 is 0 Å². The van der Waals surface area contributed by atoms with E-state index in [-0.39, 0.29) is 5.92 Å². The molecular formula is C15H16N2O2S2. The lowest BCUT2D eigenvalue weighted by Gasteiger charge is -2.15. The van der Waals surface area contributed by atoms with Crippen molar-refractivity contribution in [1.82, 2.24) is 4.31 Å². The number of rotatable bonds is 4. The molecule has 1 aromatic carbocycles. The van der Waals surface area contributed by atoms with Crippen molar-refractivity contribution in [3.8, 4) is 5.40 Å². The summed E-state index contributed by atoms with van der Waals surface area (Å²) in [6.07, 6.45) is 1.73. The maximum Gasteiger partial charge on any atom is 0.243 e. The van der Waals surface area contributed by atoms with Gasteiger partial charge in [0.1, 0.15) is 5.40 Å². The van der Waals surface area contributed by atoms with E-state index in [1.54, 1.807) is 35.7 Å². The molecule has 0 bridgehead atoms. The molecule has 6 heteroatoms. The van der Waals surface area contributed by atoms with E-state index in [1.807, 2.05) is 12.3 Å². The van der Waals surface area contributed by atoms with Gasteiger partial charge in [-0.2, -0.15) is 9.57 Å². The molecule has 1 aromatic rings. The van der Waals surface area contributed by atoms with E-state index in [2.05, 4.69) is 6.58 Å². The number of thiocyanates is 1. The fourth-order valence-electron chi connectivity index (χ4n) is 2.22. The zero-order valence-corrected chi connectivity index (χ0v) is 13.3. The largest absolute Gasteiger partial charge is 0.243 e. The van der Waals surface area contributed by atoms with Crippen molar-refractivity contribution in [2.45, 2.75) is 11.8 Å². The van der Waals surface area contributed by atoms with Gasteiger partial charge in [0.2, 0.25) is 10.0 Å². The number of hydrogen-bond donors (Lipinski definition) is 0. The fraction of sp³-hybridized carbons (Fsp3) is 0.267. The second-order valence-electron chi connectivity index (χ2n) is 4.85. The quantitative estimate of drug-likeness (QED) is 0.632. The van der Waals surface area contributed by atoms with Crippen LogP contribution in [0.1, 0.15) is 5.56 Å². The summed E-state index contributed by atoms with van der Waals surface area (Å²) in [4.78, 5) is 0.296. The lowest BCUT2D eigenvalue weighted by molar-refractivity contribution is 0.471. The molecule has 4 nitrogen and oxygen atoms in total. The van der Waals surface area contributed by atoms with Crippen LogP contribution >= 0.6 is 11.8 Å². The summed E-state index contributed by atoms with van der Waals surface area (Å²) in [5, 5.41) is 12.3. The highest BCUT2D eigenvalue weighted by molar-refractivity contribution is 8.06. The summed E-state index contributed by atoms with van der Waals surface area (Å²) >= 11 is 1.01. The van der Waals surface area contributed by atoms with Crippen LogP contribution in [0.5, 0.6) is 0 Å². The van der Waals surface area contributed by atoms with E-state index in [0.717, 1.165) is 22.9 Å². The molecule has 1 fully saturated rings. The summed E-state index contributed by atoms with van der Waals surface area (Å²) in [6, 6.07) is 6.82. The van der Waals surface area contributed by atoms with Crippen molar-refractivity contribution < 1.29 is 8.42 Å². The first-order chi connectivity index (χ1) is 9.98. The predicted molar refractivity (Wildman–Crippen MR) is 84.9 cm³/mol. The van der Waals surface area contributed by atoms with Gasteiger partial charge in [-0.15, -0.1) is 6.58 Å². The molecule has 1 saturated heterocycles. The first kappa shape index (κ1) is 15.8. The Balaban J connectivity index is 2.28. The Hall–Kier alpha value is -1.55. The highest BCUT2D eigenvalue weighted by atomic mass is 32.2. The average Bonchev–Trinajstić information content (AvgIpc) is 2.89. The van der Waals surface area contributed by atoms with Crippen molar-refractivity contribution in [3.63, 3.8) is 0 Å². The molecule has 0 aromatic heterocycles. The molecule has 1 unspecified atom stereocenters. The summed E-state index contributed by atoms with van der Waals surface area (Å²) in [5.41, 5.74) is 1.93. The third kappa shape index (κ3) is 3.38. The van der Waals surface area contributed by atoms with E-state index in [9.17, 15) is 8.42 Å². The number of nitrogens with zero attached hydrogens (tertiary/aromatic N) is 2. The van der Waals surface area contributed by atoms with Crippen LogP contribution in [0.25, 0.3) is 0 Å². The van der Waals surface area contributed by atoms with Gasteiger partial charge < -0.3 is 0 Å². The van der Waals surface area contributed by atoms with E-state index >= 15 is 0 Å². The van der Waals surface area contributed by atoms with Gasteiger partial charge in [0.05, 0.1) is 4.90 Å². The molecule has 21 heavy (non-hydrogen) atoms. The van der Waals surface area contributed by atoms with Gasteiger partial charge in [0, 0.05) is 19.0 Å². The van der Waals surface area contributed by atoms with Gasteiger partial charge in [-0.25, -0.2) is 8.42 Å². The Morgan fingerprint density at radius 3 is 2.67 bits per heavy atom. The first-order valence-corrected chi connectivity index (χ1v) is 8.74. The third-order valence-electron chi connectivity index (χ3n) is 3.44. The summed E-state index contributed by atoms with van der Waals surface area (Å²) in [6.45, 7) is 6.34. The third-order valence-corrected chi connectivity index (χ3v) is 5.79. The maximum atomic E-state index is 12.6. The molecule has 1 aliphatic rings. The predicted octanol–water partition coefficient (Wildman–Crippen LogP) is 2.90. The lowest BCUT2D eigenvalue weighted by atomic mass is 10.1. The van der Waals surface area contributed by atoms with Gasteiger partial charge >= 0.3 is 0 Å². The normalized spacial score (nSPS) is 21.3. The topological polar surface area (TPSA) is 61.2 Å². The van der Waals surface area contributed by atoms with Crippen molar-refractivity contribution in [1.29, 1.82) is 5.26 Å². The van der Waals surface area contributed by atoms with Crippen LogP contribution in [-0.4, -0.2) is 25.8 Å². The molecule has 0 radical (unpaired) electrons. The highest BCUT2D eigenvalue weighted by Crippen LogP contribution is 2.30. The van der Waals surface area contributed by atoms with Crippen LogP contribution in [0, 0.1) is 23.5 Å². The van der Waals surface area contributed by atoms with Gasteiger partial charge in [0.15, 0.2) is 0 Å². The molecule has 110 valence electrons. The van der Waals surface area contributed by atoms with Crippen LogP contribution in [0.2, 0.25) is 0 Å². The molecule has 0 amide bonds. The lowest BCUT2D eigenvalue weighted by Crippen LogP contribution is -2.28. The van der Waals surface area contributed by atoms with Crippen LogP contribution in [0.15, 0.2) is 52.8 Å². The van der Waals surface area contributed by atoms with Crippen molar-refractivity contribution in [2.75, 3.05) is 13.1 Å². The molecule has 1 heterocycles. The molecule has 0 spiro atoms. The molecular weight excluding hydrogens is 304 g/mol. The van der Waals surface area contributed by atoms with Crippen molar-refractivity contribution >= 4 is 21.8 Å². The molecule has 2 rings (SSSR count). The number of sulfonamides is 1. The first-order valence-electron chi connectivity index (χ1n) is 6.42. The molecule has 0 N–H and O–H groups in total. The van der Waals surface area contributed by atoms with Crippen molar-refractivity contribution in [3.05, 3.63) is 53.5 Å². The van der Waals surface area contributed by atoms with Gasteiger partial charge in [-0.1, -0.05) is 23.8 Å². The Bertz CT molecular complexity index is 700. The second kappa shape index (κ2) is 6.48. The van der Waals surface area contributed by atoms with Gasteiger partial charge in [-0.3, -0.25) is 0 Å². The van der Waals surface area contributed by atoms with E-state index in [1.165, 1.54) is 4.31 Å². The van der Waals surface area contributed by atoms with E-state index in [0.29, 0.717) is 18.0 Å². The number of hydrogen-bond acceptors (Lipinski definition) is 4. The zero-order chi connectivity index (χ0) is 15.5. The van der Waals surface area contributed by atoms with Crippen molar-refractivity contribution in [2.24, 2.45) is 5.92 Å². The van der Waals surface area contributed by atoms with Gasteiger partial charge in [0.25, 0.3) is 0 Å². The Labute approximate surface area is 129 Å². The maximum absolute atomic E-state index is 12.6. The minimum atomic E-state index is -3.50. The Morgan fingerprint density at radius 2 is 2.10 bits per heavy atom. The van der Waals surface area contributed by atoms with Crippen LogP contribution in [0.4, 0.5) is 0 Å². The standard InChI is InChI=1S/C15H16N2O2S2/c1-3-13-8-17(9-14(13)10-20-11-16)21(18,19)15-6-4-12(2)5-7-15/h3-7,10,13H,1,8-9H2,2H3. The number of nitriles is 1. The minimum Gasteiger partial charge on any atom is -0.207 e. The number of benzene rings is 1. The fourth-order valence-corrected chi connectivity index (χ4v) is 4.12. The number of thioether (sulfide) groups is 1. The highest BCUT2D eigenvalue weighted by Gasteiger charge is 2.34. The Morgan fingerprint density at radius 1 is 1.43 bits per heavy atom. The molecule has 0 saturated carbocycles.